The second-order valence-electron chi connectivity index (χ2n) is 12.0. The molecule has 1 fully saturated rings. The van der Waals surface area contributed by atoms with E-state index < -0.39 is 24.3 Å². The van der Waals surface area contributed by atoms with Crippen molar-refractivity contribution in [1.82, 2.24) is 19.4 Å². The molecule has 3 heterocycles. The van der Waals surface area contributed by atoms with Crippen LogP contribution in [-0.4, -0.2) is 77.7 Å². The minimum atomic E-state index is -4.49. The molecule has 1 saturated heterocycles. The summed E-state index contributed by atoms with van der Waals surface area (Å²) in [7, 11) is 3.37. The smallest absolute Gasteiger partial charge is 0.416 e. The zero-order valence-corrected chi connectivity index (χ0v) is 27.5. The average Bonchev–Trinajstić information content (AvgIpc) is 3.45. The zero-order chi connectivity index (χ0) is 35.4. The summed E-state index contributed by atoms with van der Waals surface area (Å²) in [5, 5.41) is 0.824. The molecule has 0 spiro atoms. The molecule has 0 aliphatic carbocycles. The van der Waals surface area contributed by atoms with Gasteiger partial charge in [-0.15, -0.1) is 0 Å². The number of aromatic nitrogens is 2. The Morgan fingerprint density at radius 3 is 2.22 bits per heavy atom. The Morgan fingerprint density at radius 1 is 0.880 bits per heavy atom. The summed E-state index contributed by atoms with van der Waals surface area (Å²) in [6.07, 6.45) is -3.04. The third kappa shape index (κ3) is 7.73. The third-order valence-electron chi connectivity index (χ3n) is 8.66. The minimum absolute atomic E-state index is 0.0406. The van der Waals surface area contributed by atoms with E-state index in [2.05, 4.69) is 9.88 Å². The monoisotopic (exact) mass is 689 g/mol. The summed E-state index contributed by atoms with van der Waals surface area (Å²) < 4.78 is 64.2. The van der Waals surface area contributed by atoms with Gasteiger partial charge in [0.2, 0.25) is 5.88 Å². The van der Waals surface area contributed by atoms with Crippen LogP contribution in [0.5, 0.6) is 17.4 Å². The first kappa shape index (κ1) is 34.4. The first-order valence-corrected chi connectivity index (χ1v) is 16.0. The highest BCUT2D eigenvalue weighted by molar-refractivity contribution is 6.05. The van der Waals surface area contributed by atoms with Gasteiger partial charge >= 0.3 is 6.18 Å². The number of amides is 2. The molecule has 260 valence electrons. The van der Waals surface area contributed by atoms with Gasteiger partial charge in [-0.1, -0.05) is 12.1 Å². The molecule has 1 aliphatic heterocycles. The number of fused-ring (bicyclic) bond motifs is 1. The highest BCUT2D eigenvalue weighted by Crippen LogP contribution is 2.31. The summed E-state index contributed by atoms with van der Waals surface area (Å²) >= 11 is 0. The van der Waals surface area contributed by atoms with E-state index in [1.165, 1.54) is 18.1 Å². The second-order valence-corrected chi connectivity index (χ2v) is 12.0. The van der Waals surface area contributed by atoms with Gasteiger partial charge in [-0.05, 0) is 72.3 Å². The van der Waals surface area contributed by atoms with E-state index in [1.807, 2.05) is 59.0 Å². The number of hydrogen-bond donors (Lipinski definition) is 0. The fraction of sp³-hybridized carbons (Fsp3) is 0.270. The topological polar surface area (TPSA) is 80.1 Å². The number of carbonyl (C=O) groups is 2. The maximum Gasteiger partial charge on any atom is 0.416 e. The molecule has 9 nitrogen and oxygen atoms in total. The number of hydrogen-bond acceptors (Lipinski definition) is 6. The number of piperazine rings is 1. The number of alkyl halides is 4. The molecule has 0 atom stereocenters. The molecule has 0 bridgehead atoms. The number of anilines is 1. The van der Waals surface area contributed by atoms with E-state index in [1.54, 1.807) is 18.2 Å². The Balaban J connectivity index is 1.05. The Hall–Kier alpha value is -5.43. The molecule has 0 radical (unpaired) electrons. The first-order chi connectivity index (χ1) is 24.0. The van der Waals surface area contributed by atoms with E-state index in [-0.39, 0.29) is 24.0 Å². The highest BCUT2D eigenvalue weighted by Gasteiger charge is 2.30. The summed E-state index contributed by atoms with van der Waals surface area (Å²) in [5.41, 5.74) is 2.26. The van der Waals surface area contributed by atoms with Gasteiger partial charge < -0.3 is 23.8 Å². The molecule has 13 heteroatoms. The van der Waals surface area contributed by atoms with Gasteiger partial charge in [-0.2, -0.15) is 13.2 Å². The van der Waals surface area contributed by atoms with Crippen LogP contribution in [0, 0.1) is 0 Å². The lowest BCUT2D eigenvalue weighted by molar-refractivity contribution is -0.137. The molecule has 50 heavy (non-hydrogen) atoms. The van der Waals surface area contributed by atoms with Crippen molar-refractivity contribution >= 4 is 28.4 Å². The van der Waals surface area contributed by atoms with Crippen LogP contribution in [0.15, 0.2) is 91.1 Å². The SMILES string of the molecule is CN(C(=O)c1ccc(C(F)(F)F)cc1)c1ccc(Oc2ccc3c(c2)cc(C(=O)N2CCN(Cc4ccc(OCCF)cc4)CC2)n3C)nc1. The van der Waals surface area contributed by atoms with Crippen molar-refractivity contribution in [2.75, 3.05) is 51.4 Å². The van der Waals surface area contributed by atoms with Crippen LogP contribution < -0.4 is 14.4 Å². The molecular weight excluding hydrogens is 654 g/mol. The van der Waals surface area contributed by atoms with Crippen LogP contribution in [0.4, 0.5) is 23.2 Å². The molecule has 5 aromatic rings. The normalized spacial score (nSPS) is 13.8. The lowest BCUT2D eigenvalue weighted by atomic mass is 10.1. The van der Waals surface area contributed by atoms with Gasteiger partial charge in [0.05, 0.1) is 17.4 Å². The minimum Gasteiger partial charge on any atom is -0.491 e. The zero-order valence-electron chi connectivity index (χ0n) is 27.5. The lowest BCUT2D eigenvalue weighted by Crippen LogP contribution is -2.48. The Labute approximate surface area is 286 Å². The van der Waals surface area contributed by atoms with Gasteiger partial charge in [0.1, 0.15) is 30.5 Å². The number of benzene rings is 3. The van der Waals surface area contributed by atoms with Crippen LogP contribution in [0.1, 0.15) is 32.0 Å². The standard InChI is InChI=1S/C37H35F4N5O4/c1-43(35(47)26-5-7-28(8-6-26)37(39,40)41)29-9-14-34(42-23-29)50-31-12-13-32-27(21-31)22-33(44(32)2)36(48)46-18-16-45(17-19-46)24-25-3-10-30(11-4-25)49-20-15-38/h3-14,21-23H,15-20,24H2,1-2H3. The van der Waals surface area contributed by atoms with Crippen LogP contribution in [0.3, 0.4) is 0 Å². The van der Waals surface area contributed by atoms with Crippen LogP contribution in [0.25, 0.3) is 10.9 Å². The van der Waals surface area contributed by atoms with Gasteiger partial charge in [0, 0.05) is 69.4 Å². The lowest BCUT2D eigenvalue weighted by Gasteiger charge is -2.34. The van der Waals surface area contributed by atoms with E-state index in [4.69, 9.17) is 9.47 Å². The Bertz CT molecular complexity index is 1950. The molecule has 0 saturated carbocycles. The molecule has 3 aromatic carbocycles. The largest absolute Gasteiger partial charge is 0.491 e. The quantitative estimate of drug-likeness (QED) is 0.148. The van der Waals surface area contributed by atoms with Gasteiger partial charge in [-0.25, -0.2) is 9.37 Å². The second kappa shape index (κ2) is 14.6. The number of carbonyl (C=O) groups excluding carboxylic acids is 2. The molecule has 1 aliphatic rings. The third-order valence-corrected chi connectivity index (χ3v) is 8.66. The fourth-order valence-electron chi connectivity index (χ4n) is 5.84. The molecular formula is C37H35F4N5O4. The average molecular weight is 690 g/mol. The molecule has 2 aromatic heterocycles. The predicted octanol–water partition coefficient (Wildman–Crippen LogP) is 6.97. The van der Waals surface area contributed by atoms with Gasteiger partial charge in [0.15, 0.2) is 0 Å². The maximum absolute atomic E-state index is 13.6. The van der Waals surface area contributed by atoms with Crippen LogP contribution in [0.2, 0.25) is 0 Å². The molecule has 6 rings (SSSR count). The number of nitrogens with zero attached hydrogens (tertiary/aromatic N) is 5. The van der Waals surface area contributed by atoms with E-state index in [9.17, 15) is 27.2 Å². The number of rotatable bonds is 10. The molecule has 0 N–H and O–H groups in total. The van der Waals surface area contributed by atoms with Crippen molar-refractivity contribution in [3.8, 4) is 17.4 Å². The summed E-state index contributed by atoms with van der Waals surface area (Å²) in [5.74, 6) is 0.887. The Morgan fingerprint density at radius 2 is 1.58 bits per heavy atom. The van der Waals surface area contributed by atoms with Crippen molar-refractivity contribution in [2.24, 2.45) is 7.05 Å². The van der Waals surface area contributed by atoms with Crippen molar-refractivity contribution in [1.29, 1.82) is 0 Å². The molecule has 0 unspecified atom stereocenters. The van der Waals surface area contributed by atoms with Crippen molar-refractivity contribution in [2.45, 2.75) is 12.7 Å². The summed E-state index contributed by atoms with van der Waals surface area (Å²) in [6.45, 7) is 2.92. The number of halogens is 4. The number of aryl methyl sites for hydroxylation is 1. The van der Waals surface area contributed by atoms with Crippen molar-refractivity contribution < 1.29 is 36.6 Å². The highest BCUT2D eigenvalue weighted by atomic mass is 19.4. The van der Waals surface area contributed by atoms with Crippen molar-refractivity contribution in [3.05, 3.63) is 114 Å². The number of pyridine rings is 1. The first-order valence-electron chi connectivity index (χ1n) is 16.0. The predicted molar refractivity (Wildman–Crippen MR) is 180 cm³/mol. The van der Waals surface area contributed by atoms with Crippen molar-refractivity contribution in [3.63, 3.8) is 0 Å². The van der Waals surface area contributed by atoms with E-state index in [0.717, 1.165) is 60.4 Å². The fourth-order valence-corrected chi connectivity index (χ4v) is 5.84. The number of ether oxygens (including phenoxy) is 2. The van der Waals surface area contributed by atoms with Gasteiger partial charge in [0.25, 0.3) is 11.8 Å². The molecule has 2 amide bonds. The Kier molecular flexibility index (Phi) is 10.0. The van der Waals surface area contributed by atoms with Gasteiger partial charge in [-0.3, -0.25) is 14.5 Å². The maximum atomic E-state index is 13.6. The van der Waals surface area contributed by atoms with E-state index in [0.29, 0.717) is 36.0 Å². The van der Waals surface area contributed by atoms with Crippen LogP contribution in [-0.2, 0) is 19.8 Å². The summed E-state index contributed by atoms with van der Waals surface area (Å²) in [6, 6.07) is 22.2. The summed E-state index contributed by atoms with van der Waals surface area (Å²) in [4.78, 5) is 36.2. The van der Waals surface area contributed by atoms with Crippen LogP contribution >= 0.6 is 0 Å². The van der Waals surface area contributed by atoms with E-state index >= 15 is 0 Å².